The van der Waals surface area contributed by atoms with E-state index in [0.717, 1.165) is 38.2 Å². The molecule has 0 aliphatic carbocycles. The Hall–Kier alpha value is -3.71. The number of nitrogens with zero attached hydrogens (tertiary/aromatic N) is 2. The summed E-state index contributed by atoms with van der Waals surface area (Å²) in [6.45, 7) is 2.80. The normalized spacial score (nSPS) is 15.8. The van der Waals surface area contributed by atoms with Gasteiger partial charge in [-0.15, -0.1) is 0 Å². The van der Waals surface area contributed by atoms with Crippen LogP contribution in [0.25, 0.3) is 0 Å². The maximum Gasteiger partial charge on any atom is 0.338 e. The maximum atomic E-state index is 12.2. The second kappa shape index (κ2) is 9.27. The third-order valence-corrected chi connectivity index (χ3v) is 6.54. The summed E-state index contributed by atoms with van der Waals surface area (Å²) in [5, 5.41) is 11.0. The molecule has 3 aromatic rings. The lowest BCUT2D eigenvalue weighted by Gasteiger charge is -2.43. The third-order valence-electron chi connectivity index (χ3n) is 6.54. The number of rotatable bonds is 5. The highest BCUT2D eigenvalue weighted by Gasteiger charge is 2.36. The number of aromatic hydroxyl groups is 1. The number of hydrogen-bond acceptors (Lipinski definition) is 7. The molecule has 0 radical (unpaired) electrons. The number of likely N-dealkylation sites (tertiary alicyclic amines) is 1. The Morgan fingerprint density at radius 1 is 1.06 bits per heavy atom. The lowest BCUT2D eigenvalue weighted by molar-refractivity contribution is 0.0600. The van der Waals surface area contributed by atoms with Gasteiger partial charge in [0.1, 0.15) is 11.4 Å². The fourth-order valence-electron chi connectivity index (χ4n) is 4.89. The summed E-state index contributed by atoms with van der Waals surface area (Å²) in [5.41, 5.74) is 2.94. The first-order valence-corrected chi connectivity index (χ1v) is 11.4. The van der Waals surface area contributed by atoms with Gasteiger partial charge in [-0.1, -0.05) is 36.4 Å². The Bertz CT molecular complexity index is 1190. The Labute approximate surface area is 199 Å². The molecule has 0 saturated carbocycles. The molecule has 7 nitrogen and oxygen atoms in total. The van der Waals surface area contributed by atoms with Crippen LogP contribution in [0.2, 0.25) is 0 Å². The van der Waals surface area contributed by atoms with Crippen LogP contribution in [0.4, 0.5) is 11.4 Å². The summed E-state index contributed by atoms with van der Waals surface area (Å²) in [5.74, 6) is 1.03. The van der Waals surface area contributed by atoms with Gasteiger partial charge in [-0.25, -0.2) is 4.79 Å². The van der Waals surface area contributed by atoms with E-state index in [2.05, 4.69) is 34.1 Å². The van der Waals surface area contributed by atoms with Gasteiger partial charge in [0.15, 0.2) is 17.2 Å². The van der Waals surface area contributed by atoms with Gasteiger partial charge in [-0.05, 0) is 42.7 Å². The Morgan fingerprint density at radius 2 is 1.82 bits per heavy atom. The standard InChI is InChI=1S/C27H28N2O5/c1-32-23-10-6-9-21-26(23)34-24-16-19(27(31)33-2)15-22(30)25(24)29(21)20-11-13-28(14-12-20)17-18-7-4-3-5-8-18/h3-10,15-16,20,30H,11-14,17H2,1-2H3. The minimum absolute atomic E-state index is 0.0157. The van der Waals surface area contributed by atoms with Crippen LogP contribution in [0.5, 0.6) is 23.0 Å². The minimum Gasteiger partial charge on any atom is -0.506 e. The molecule has 34 heavy (non-hydrogen) atoms. The number of methoxy groups -OCH3 is 2. The zero-order valence-electron chi connectivity index (χ0n) is 19.4. The first-order valence-electron chi connectivity index (χ1n) is 11.4. The molecule has 0 atom stereocenters. The molecule has 7 heteroatoms. The zero-order chi connectivity index (χ0) is 23.7. The first kappa shape index (κ1) is 22.1. The SMILES string of the molecule is COC(=O)c1cc(O)c2c(c1)Oc1c(OC)cccc1N2C1CCN(Cc2ccccc2)CC1. The quantitative estimate of drug-likeness (QED) is 0.532. The highest BCUT2D eigenvalue weighted by atomic mass is 16.5. The molecule has 0 unspecified atom stereocenters. The lowest BCUT2D eigenvalue weighted by atomic mass is 9.98. The van der Waals surface area contributed by atoms with Crippen molar-refractivity contribution in [1.82, 2.24) is 4.90 Å². The number of benzene rings is 3. The van der Waals surface area contributed by atoms with Crippen LogP contribution in [-0.4, -0.2) is 49.3 Å². The maximum absolute atomic E-state index is 12.2. The van der Waals surface area contributed by atoms with Gasteiger partial charge in [0.2, 0.25) is 0 Å². The number of para-hydroxylation sites is 1. The van der Waals surface area contributed by atoms with E-state index in [0.29, 0.717) is 22.9 Å². The number of phenolic OH excluding ortho intramolecular Hbond substituents is 1. The van der Waals surface area contributed by atoms with Gasteiger partial charge in [-0.3, -0.25) is 4.90 Å². The van der Waals surface area contributed by atoms with Gasteiger partial charge in [-0.2, -0.15) is 0 Å². The largest absolute Gasteiger partial charge is 0.506 e. The number of carbonyl (C=O) groups is 1. The number of carbonyl (C=O) groups excluding carboxylic acids is 1. The van der Waals surface area contributed by atoms with Crippen molar-refractivity contribution in [2.75, 3.05) is 32.2 Å². The van der Waals surface area contributed by atoms with E-state index in [9.17, 15) is 9.90 Å². The average molecular weight is 461 g/mol. The van der Waals surface area contributed by atoms with Gasteiger partial charge in [0.05, 0.1) is 25.5 Å². The van der Waals surface area contributed by atoms with E-state index >= 15 is 0 Å². The predicted molar refractivity (Wildman–Crippen MR) is 129 cm³/mol. The van der Waals surface area contributed by atoms with Gasteiger partial charge >= 0.3 is 5.97 Å². The smallest absolute Gasteiger partial charge is 0.338 e. The summed E-state index contributed by atoms with van der Waals surface area (Å²) in [4.78, 5) is 16.8. The molecule has 0 bridgehead atoms. The van der Waals surface area contributed by atoms with Crippen molar-refractivity contribution in [2.45, 2.75) is 25.4 Å². The van der Waals surface area contributed by atoms with Crippen molar-refractivity contribution in [2.24, 2.45) is 0 Å². The van der Waals surface area contributed by atoms with E-state index in [-0.39, 0.29) is 17.4 Å². The molecule has 2 aliphatic heterocycles. The Morgan fingerprint density at radius 3 is 2.53 bits per heavy atom. The number of esters is 1. The van der Waals surface area contributed by atoms with E-state index in [1.807, 2.05) is 24.3 Å². The molecule has 0 amide bonds. The number of hydrogen-bond donors (Lipinski definition) is 1. The predicted octanol–water partition coefficient (Wildman–Crippen LogP) is 5.10. The average Bonchev–Trinajstić information content (AvgIpc) is 2.87. The second-order valence-corrected chi connectivity index (χ2v) is 8.61. The summed E-state index contributed by atoms with van der Waals surface area (Å²) < 4.78 is 16.6. The van der Waals surface area contributed by atoms with E-state index < -0.39 is 5.97 Å². The van der Waals surface area contributed by atoms with Crippen LogP contribution in [0, 0.1) is 0 Å². The molecule has 2 heterocycles. The highest BCUT2D eigenvalue weighted by molar-refractivity contribution is 5.94. The van der Waals surface area contributed by atoms with Gasteiger partial charge in [0.25, 0.3) is 0 Å². The minimum atomic E-state index is -0.534. The van der Waals surface area contributed by atoms with E-state index in [1.54, 1.807) is 13.2 Å². The van der Waals surface area contributed by atoms with E-state index in [1.165, 1.54) is 18.7 Å². The molecule has 5 rings (SSSR count). The molecule has 1 fully saturated rings. The fraction of sp³-hybridized carbons (Fsp3) is 0.296. The van der Waals surface area contributed by atoms with Crippen LogP contribution in [0.3, 0.4) is 0 Å². The molecular formula is C27H28N2O5. The molecule has 2 aliphatic rings. The van der Waals surface area contributed by atoms with Crippen LogP contribution < -0.4 is 14.4 Å². The summed E-state index contributed by atoms with van der Waals surface area (Å²) in [7, 11) is 2.91. The molecule has 0 spiro atoms. The monoisotopic (exact) mass is 460 g/mol. The van der Waals surface area contributed by atoms with Crippen molar-refractivity contribution >= 4 is 17.3 Å². The van der Waals surface area contributed by atoms with Crippen LogP contribution in [0.1, 0.15) is 28.8 Å². The third kappa shape index (κ3) is 4.03. The lowest BCUT2D eigenvalue weighted by Crippen LogP contribution is -2.43. The summed E-state index contributed by atoms with van der Waals surface area (Å²) in [6, 6.07) is 19.4. The molecular weight excluding hydrogens is 432 g/mol. The van der Waals surface area contributed by atoms with Crippen molar-refractivity contribution in [3.05, 3.63) is 71.8 Å². The number of anilines is 2. The highest BCUT2D eigenvalue weighted by Crippen LogP contribution is 2.55. The van der Waals surface area contributed by atoms with Gasteiger partial charge in [0, 0.05) is 25.7 Å². The topological polar surface area (TPSA) is 71.5 Å². The first-order chi connectivity index (χ1) is 16.6. The number of phenols is 1. The van der Waals surface area contributed by atoms with Crippen LogP contribution in [-0.2, 0) is 11.3 Å². The number of ether oxygens (including phenoxy) is 3. The number of fused-ring (bicyclic) bond motifs is 2. The van der Waals surface area contributed by atoms with Crippen molar-refractivity contribution in [3.8, 4) is 23.0 Å². The molecule has 1 saturated heterocycles. The van der Waals surface area contributed by atoms with Crippen molar-refractivity contribution in [3.63, 3.8) is 0 Å². The molecule has 3 aromatic carbocycles. The Balaban J connectivity index is 1.48. The number of piperidine rings is 1. The summed E-state index contributed by atoms with van der Waals surface area (Å²) in [6.07, 6.45) is 1.84. The van der Waals surface area contributed by atoms with Crippen molar-refractivity contribution < 1.29 is 24.1 Å². The summed E-state index contributed by atoms with van der Waals surface area (Å²) >= 11 is 0. The van der Waals surface area contributed by atoms with Gasteiger partial charge < -0.3 is 24.2 Å². The zero-order valence-corrected chi connectivity index (χ0v) is 19.4. The Kier molecular flexibility index (Phi) is 6.02. The van der Waals surface area contributed by atoms with E-state index in [4.69, 9.17) is 14.2 Å². The molecule has 1 N–H and O–H groups in total. The van der Waals surface area contributed by atoms with Crippen LogP contribution >= 0.6 is 0 Å². The fourth-order valence-corrected chi connectivity index (χ4v) is 4.89. The molecule has 176 valence electrons. The van der Waals surface area contributed by atoms with Crippen molar-refractivity contribution in [1.29, 1.82) is 0 Å². The molecule has 0 aromatic heterocycles. The van der Waals surface area contributed by atoms with Crippen LogP contribution in [0.15, 0.2) is 60.7 Å². The second-order valence-electron chi connectivity index (χ2n) is 8.61.